The van der Waals surface area contributed by atoms with Gasteiger partial charge in [-0.25, -0.2) is 4.98 Å². The van der Waals surface area contributed by atoms with Crippen molar-refractivity contribution in [2.24, 2.45) is 0 Å². The number of nitrogens with zero attached hydrogens (tertiary/aromatic N) is 2. The Morgan fingerprint density at radius 1 is 1.25 bits per heavy atom. The Labute approximate surface area is 124 Å². The van der Waals surface area contributed by atoms with E-state index in [1.54, 1.807) is 11.3 Å². The third-order valence-corrected chi connectivity index (χ3v) is 4.76. The first-order valence-electron chi connectivity index (χ1n) is 7.26. The molecule has 0 radical (unpaired) electrons. The van der Waals surface area contributed by atoms with Gasteiger partial charge in [-0.3, -0.25) is 0 Å². The first-order chi connectivity index (χ1) is 9.81. The average molecular weight is 287 g/mol. The summed E-state index contributed by atoms with van der Waals surface area (Å²) < 4.78 is 0. The molecule has 1 aromatic heterocycles. The quantitative estimate of drug-likeness (QED) is 0.936. The third-order valence-electron chi connectivity index (χ3n) is 3.85. The summed E-state index contributed by atoms with van der Waals surface area (Å²) >= 11 is 1.79. The van der Waals surface area contributed by atoms with E-state index in [4.69, 9.17) is 0 Å². The largest absolute Gasteiger partial charge is 0.371 e. The molecule has 0 unspecified atom stereocenters. The van der Waals surface area contributed by atoms with Crippen molar-refractivity contribution in [3.8, 4) is 0 Å². The van der Waals surface area contributed by atoms with Gasteiger partial charge in [0, 0.05) is 42.4 Å². The molecule has 106 valence electrons. The summed E-state index contributed by atoms with van der Waals surface area (Å²) in [5.41, 5.74) is 1.35. The summed E-state index contributed by atoms with van der Waals surface area (Å²) in [7, 11) is 0. The zero-order valence-corrected chi connectivity index (χ0v) is 12.7. The van der Waals surface area contributed by atoms with Crippen LogP contribution < -0.4 is 10.2 Å². The topological polar surface area (TPSA) is 28.2 Å². The monoisotopic (exact) mass is 287 g/mol. The molecule has 0 saturated carbocycles. The summed E-state index contributed by atoms with van der Waals surface area (Å²) in [4.78, 5) is 8.12. The number of aryl methyl sites for hydroxylation is 1. The van der Waals surface area contributed by atoms with Crippen LogP contribution >= 0.6 is 11.3 Å². The fourth-order valence-electron chi connectivity index (χ4n) is 2.71. The maximum absolute atomic E-state index is 4.30. The molecular formula is C16H21N3S. The van der Waals surface area contributed by atoms with E-state index in [-0.39, 0.29) is 0 Å². The van der Waals surface area contributed by atoms with Crippen LogP contribution in [0.4, 0.5) is 5.69 Å². The first-order valence-corrected chi connectivity index (χ1v) is 8.07. The van der Waals surface area contributed by atoms with Gasteiger partial charge in [-0.05, 0) is 31.9 Å². The van der Waals surface area contributed by atoms with Crippen molar-refractivity contribution in [1.82, 2.24) is 10.3 Å². The summed E-state index contributed by atoms with van der Waals surface area (Å²) in [5.74, 6) is 0. The lowest BCUT2D eigenvalue weighted by molar-refractivity contribution is 0.415. The molecule has 0 spiro atoms. The van der Waals surface area contributed by atoms with Gasteiger partial charge in [0.2, 0.25) is 0 Å². The number of thiazole rings is 1. The number of benzene rings is 1. The van der Waals surface area contributed by atoms with E-state index in [9.17, 15) is 0 Å². The highest BCUT2D eigenvalue weighted by atomic mass is 32.1. The number of rotatable bonds is 4. The van der Waals surface area contributed by atoms with Crippen LogP contribution in [0.5, 0.6) is 0 Å². The van der Waals surface area contributed by atoms with Gasteiger partial charge in [-0.15, -0.1) is 11.3 Å². The van der Waals surface area contributed by atoms with Crippen molar-refractivity contribution in [2.45, 2.75) is 32.4 Å². The molecule has 4 heteroatoms. The normalized spacial score (nSPS) is 16.6. The maximum Gasteiger partial charge on any atom is 0.0897 e. The number of nitrogens with one attached hydrogen (secondary N) is 1. The van der Waals surface area contributed by atoms with Crippen LogP contribution in [0.15, 0.2) is 36.5 Å². The molecule has 1 aromatic carbocycles. The first kappa shape index (κ1) is 13.6. The summed E-state index contributed by atoms with van der Waals surface area (Å²) in [6, 6.07) is 11.4. The van der Waals surface area contributed by atoms with E-state index >= 15 is 0 Å². The van der Waals surface area contributed by atoms with E-state index in [1.165, 1.54) is 23.4 Å². The van der Waals surface area contributed by atoms with E-state index in [0.717, 1.165) is 24.6 Å². The highest BCUT2D eigenvalue weighted by Gasteiger charge is 2.18. The molecule has 1 aliphatic heterocycles. The number of aromatic nitrogens is 1. The second-order valence-electron chi connectivity index (χ2n) is 5.32. The molecule has 0 amide bonds. The Morgan fingerprint density at radius 3 is 2.65 bits per heavy atom. The van der Waals surface area contributed by atoms with Crippen LogP contribution in [-0.4, -0.2) is 24.1 Å². The minimum Gasteiger partial charge on any atom is -0.371 e. The van der Waals surface area contributed by atoms with Gasteiger partial charge in [0.1, 0.15) is 0 Å². The minimum atomic E-state index is 0.636. The van der Waals surface area contributed by atoms with Crippen LogP contribution in [0.1, 0.15) is 22.7 Å². The molecule has 1 N–H and O–H groups in total. The Balaban J connectivity index is 1.47. The smallest absolute Gasteiger partial charge is 0.0897 e. The fraction of sp³-hybridized carbons (Fsp3) is 0.438. The number of hydrogen-bond donors (Lipinski definition) is 1. The highest BCUT2D eigenvalue weighted by molar-refractivity contribution is 7.11. The molecule has 1 aliphatic rings. The summed E-state index contributed by atoms with van der Waals surface area (Å²) in [6.07, 6.45) is 4.42. The lowest BCUT2D eigenvalue weighted by Crippen LogP contribution is -2.42. The zero-order chi connectivity index (χ0) is 13.8. The molecule has 1 fully saturated rings. The fourth-order valence-corrected chi connectivity index (χ4v) is 3.46. The van der Waals surface area contributed by atoms with Gasteiger partial charge in [-0.1, -0.05) is 18.2 Å². The summed E-state index contributed by atoms with van der Waals surface area (Å²) in [5, 5.41) is 4.82. The van der Waals surface area contributed by atoms with E-state index < -0.39 is 0 Å². The van der Waals surface area contributed by atoms with E-state index in [2.05, 4.69) is 52.5 Å². The van der Waals surface area contributed by atoms with Crippen LogP contribution in [0, 0.1) is 6.92 Å². The molecular weight excluding hydrogens is 266 g/mol. The van der Waals surface area contributed by atoms with Crippen molar-refractivity contribution in [2.75, 3.05) is 18.0 Å². The maximum atomic E-state index is 4.30. The molecule has 0 atom stereocenters. The predicted octanol–water partition coefficient (Wildman–Crippen LogP) is 3.21. The number of anilines is 1. The van der Waals surface area contributed by atoms with Crippen LogP contribution in [0.2, 0.25) is 0 Å². The number of hydrogen-bond acceptors (Lipinski definition) is 4. The van der Waals surface area contributed by atoms with Crippen LogP contribution in [0.3, 0.4) is 0 Å². The lowest BCUT2D eigenvalue weighted by atomic mass is 10.0. The SMILES string of the molecule is Cc1ncc(CNC2CCN(c3ccccc3)CC2)s1. The van der Waals surface area contributed by atoms with Crippen molar-refractivity contribution in [3.63, 3.8) is 0 Å². The summed E-state index contributed by atoms with van der Waals surface area (Å²) in [6.45, 7) is 5.31. The Morgan fingerprint density at radius 2 is 2.00 bits per heavy atom. The Bertz CT molecular complexity index is 530. The van der Waals surface area contributed by atoms with Gasteiger partial charge < -0.3 is 10.2 Å². The third kappa shape index (κ3) is 3.38. The molecule has 3 nitrogen and oxygen atoms in total. The van der Waals surface area contributed by atoms with Crippen LogP contribution in [0.25, 0.3) is 0 Å². The van der Waals surface area contributed by atoms with E-state index in [1.807, 2.05) is 6.20 Å². The zero-order valence-electron chi connectivity index (χ0n) is 11.9. The standard InChI is InChI=1S/C16H21N3S/c1-13-17-11-16(20-13)12-18-14-7-9-19(10-8-14)15-5-3-2-4-6-15/h2-6,11,14,18H,7-10,12H2,1H3. The highest BCUT2D eigenvalue weighted by Crippen LogP contribution is 2.20. The number of para-hydroxylation sites is 1. The molecule has 3 rings (SSSR count). The van der Waals surface area contributed by atoms with Gasteiger partial charge in [0.15, 0.2) is 0 Å². The number of piperidine rings is 1. The van der Waals surface area contributed by atoms with Gasteiger partial charge in [0.25, 0.3) is 0 Å². The van der Waals surface area contributed by atoms with Crippen molar-refractivity contribution >= 4 is 17.0 Å². The Kier molecular flexibility index (Phi) is 4.33. The molecule has 0 bridgehead atoms. The van der Waals surface area contributed by atoms with Gasteiger partial charge >= 0.3 is 0 Å². The Hall–Kier alpha value is -1.39. The van der Waals surface area contributed by atoms with E-state index in [0.29, 0.717) is 6.04 Å². The molecule has 0 aliphatic carbocycles. The lowest BCUT2D eigenvalue weighted by Gasteiger charge is -2.34. The second-order valence-corrected chi connectivity index (χ2v) is 6.64. The molecule has 1 saturated heterocycles. The molecule has 2 aromatic rings. The van der Waals surface area contributed by atoms with Crippen molar-refractivity contribution in [1.29, 1.82) is 0 Å². The predicted molar refractivity (Wildman–Crippen MR) is 85.4 cm³/mol. The second kappa shape index (κ2) is 6.37. The molecule has 2 heterocycles. The average Bonchev–Trinajstić information content (AvgIpc) is 2.92. The van der Waals surface area contributed by atoms with Gasteiger partial charge in [-0.2, -0.15) is 0 Å². The molecule has 20 heavy (non-hydrogen) atoms. The van der Waals surface area contributed by atoms with Crippen molar-refractivity contribution in [3.05, 3.63) is 46.4 Å². The van der Waals surface area contributed by atoms with Crippen molar-refractivity contribution < 1.29 is 0 Å². The van der Waals surface area contributed by atoms with Gasteiger partial charge in [0.05, 0.1) is 5.01 Å². The van der Waals surface area contributed by atoms with Crippen LogP contribution in [-0.2, 0) is 6.54 Å². The minimum absolute atomic E-state index is 0.636.